The number of fused-ring (bicyclic) bond motifs is 1. The lowest BCUT2D eigenvalue weighted by atomic mass is 10.2. The van der Waals surface area contributed by atoms with Crippen LogP contribution in [0.25, 0.3) is 0 Å². The summed E-state index contributed by atoms with van der Waals surface area (Å²) in [5.74, 6) is 1.39. The van der Waals surface area contributed by atoms with E-state index in [9.17, 15) is 9.90 Å². The highest BCUT2D eigenvalue weighted by Gasteiger charge is 2.25. The van der Waals surface area contributed by atoms with Crippen molar-refractivity contribution in [2.75, 3.05) is 27.2 Å². The quantitative estimate of drug-likeness (QED) is 0.913. The second-order valence-electron chi connectivity index (χ2n) is 6.97. The van der Waals surface area contributed by atoms with E-state index in [0.29, 0.717) is 36.7 Å². The summed E-state index contributed by atoms with van der Waals surface area (Å²) >= 11 is 0. The molecule has 136 valence electrons. The normalized spacial score (nSPS) is 16.0. The summed E-state index contributed by atoms with van der Waals surface area (Å²) in [7, 11) is 3.83. The number of aliphatic hydroxyl groups is 1. The molecule has 0 spiro atoms. The molecule has 2 aromatic rings. The average Bonchev–Trinajstić information content (AvgIpc) is 3.02. The van der Waals surface area contributed by atoms with E-state index in [-0.39, 0.29) is 5.91 Å². The lowest BCUT2D eigenvalue weighted by Gasteiger charge is -2.19. The van der Waals surface area contributed by atoms with Gasteiger partial charge in [0, 0.05) is 19.6 Å². The molecule has 0 radical (unpaired) electrons. The maximum absolute atomic E-state index is 12.9. The van der Waals surface area contributed by atoms with Crippen LogP contribution in [0.3, 0.4) is 0 Å². The van der Waals surface area contributed by atoms with Gasteiger partial charge in [-0.1, -0.05) is 0 Å². The molecule has 0 bridgehead atoms. The van der Waals surface area contributed by atoms with Gasteiger partial charge >= 0.3 is 0 Å². The fourth-order valence-corrected chi connectivity index (χ4v) is 3.27. The van der Waals surface area contributed by atoms with Crippen LogP contribution in [-0.2, 0) is 13.1 Å². The van der Waals surface area contributed by atoms with Crippen molar-refractivity contribution in [1.82, 2.24) is 19.6 Å². The molecule has 1 amide bonds. The number of furan rings is 1. The number of hydrogen-bond acceptors (Lipinski definition) is 5. The van der Waals surface area contributed by atoms with Crippen LogP contribution >= 0.6 is 0 Å². The fourth-order valence-electron chi connectivity index (χ4n) is 3.27. The number of aryl methyl sites for hydroxylation is 3. The average molecular weight is 346 g/mol. The van der Waals surface area contributed by atoms with E-state index in [4.69, 9.17) is 4.42 Å². The topological polar surface area (TPSA) is 74.7 Å². The van der Waals surface area contributed by atoms with Gasteiger partial charge in [-0.05, 0) is 46.5 Å². The number of aliphatic hydroxyl groups excluding tert-OH is 1. The molecule has 7 nitrogen and oxygen atoms in total. The maximum Gasteiger partial charge on any atom is 0.257 e. The summed E-state index contributed by atoms with van der Waals surface area (Å²) in [5, 5.41) is 14.8. The first kappa shape index (κ1) is 17.7. The van der Waals surface area contributed by atoms with Crippen molar-refractivity contribution < 1.29 is 14.3 Å². The van der Waals surface area contributed by atoms with Gasteiger partial charge in [0.1, 0.15) is 17.6 Å². The largest absolute Gasteiger partial charge is 0.466 e. The van der Waals surface area contributed by atoms with Crippen molar-refractivity contribution in [2.45, 2.75) is 39.5 Å². The molecule has 1 aliphatic heterocycles. The third-order valence-electron chi connectivity index (χ3n) is 4.47. The zero-order valence-corrected chi connectivity index (χ0v) is 15.3. The van der Waals surface area contributed by atoms with Crippen molar-refractivity contribution in [3.63, 3.8) is 0 Å². The first-order chi connectivity index (χ1) is 11.8. The highest BCUT2D eigenvalue weighted by Crippen LogP contribution is 2.22. The predicted octanol–water partition coefficient (Wildman–Crippen LogP) is 1.73. The molecule has 3 rings (SSSR count). The molecular formula is C18H26N4O3. The third-order valence-corrected chi connectivity index (χ3v) is 4.47. The Bertz CT molecular complexity index is 762. The van der Waals surface area contributed by atoms with Gasteiger partial charge in [0.25, 0.3) is 5.91 Å². The standard InChI is InChI=1S/C18H26N4O3/c1-12-8-15(13(2)25-12)18(24)21-6-5-7-22-14(10-21)9-16(19-22)17(23)11-20(3)4/h8-9,17,23H,5-7,10-11H2,1-4H3. The van der Waals surface area contributed by atoms with Crippen LogP contribution in [0.2, 0.25) is 0 Å². The predicted molar refractivity (Wildman–Crippen MR) is 93.3 cm³/mol. The van der Waals surface area contributed by atoms with Crippen molar-refractivity contribution in [3.05, 3.63) is 40.6 Å². The van der Waals surface area contributed by atoms with Gasteiger partial charge < -0.3 is 19.3 Å². The van der Waals surface area contributed by atoms with Crippen LogP contribution in [0.1, 0.15) is 45.8 Å². The Labute approximate surface area is 147 Å². The van der Waals surface area contributed by atoms with Crippen LogP contribution in [-0.4, -0.2) is 57.8 Å². The summed E-state index contributed by atoms with van der Waals surface area (Å²) < 4.78 is 7.41. The van der Waals surface area contributed by atoms with Crippen molar-refractivity contribution in [2.24, 2.45) is 0 Å². The molecule has 0 aliphatic carbocycles. The summed E-state index contributed by atoms with van der Waals surface area (Å²) in [6.07, 6.45) is 0.205. The number of rotatable bonds is 4. The van der Waals surface area contributed by atoms with Crippen LogP contribution < -0.4 is 0 Å². The van der Waals surface area contributed by atoms with Gasteiger partial charge in [-0.2, -0.15) is 5.10 Å². The Morgan fingerprint density at radius 3 is 2.76 bits per heavy atom. The number of hydrogen-bond donors (Lipinski definition) is 1. The SMILES string of the molecule is Cc1cc(C(=O)N2CCCn3nc(C(O)CN(C)C)cc3C2)c(C)o1. The molecule has 1 aliphatic rings. The number of aromatic nitrogens is 2. The molecule has 1 N–H and O–H groups in total. The summed E-state index contributed by atoms with van der Waals surface area (Å²) in [4.78, 5) is 16.6. The maximum atomic E-state index is 12.9. The number of carbonyl (C=O) groups is 1. The molecule has 0 saturated heterocycles. The zero-order valence-electron chi connectivity index (χ0n) is 15.3. The molecule has 1 unspecified atom stereocenters. The number of carbonyl (C=O) groups excluding carboxylic acids is 1. The lowest BCUT2D eigenvalue weighted by molar-refractivity contribution is 0.0744. The molecule has 0 saturated carbocycles. The lowest BCUT2D eigenvalue weighted by Crippen LogP contribution is -2.30. The minimum atomic E-state index is -0.627. The second kappa shape index (κ2) is 7.01. The number of amides is 1. The third kappa shape index (κ3) is 3.77. The minimum absolute atomic E-state index is 0.0145. The molecule has 3 heterocycles. The first-order valence-corrected chi connectivity index (χ1v) is 8.61. The molecule has 0 aromatic carbocycles. The van der Waals surface area contributed by atoms with Crippen LogP contribution in [0.15, 0.2) is 16.5 Å². The Kier molecular flexibility index (Phi) is 4.96. The van der Waals surface area contributed by atoms with Gasteiger partial charge in [0.2, 0.25) is 0 Å². The van der Waals surface area contributed by atoms with Gasteiger partial charge in [-0.25, -0.2) is 0 Å². The van der Waals surface area contributed by atoms with Crippen LogP contribution in [0.4, 0.5) is 0 Å². The van der Waals surface area contributed by atoms with E-state index >= 15 is 0 Å². The molecule has 1 atom stereocenters. The van der Waals surface area contributed by atoms with E-state index in [1.54, 1.807) is 6.07 Å². The number of nitrogens with zero attached hydrogens (tertiary/aromatic N) is 4. The number of likely N-dealkylation sites (N-methyl/N-ethyl adjacent to an activating group) is 1. The van der Waals surface area contributed by atoms with E-state index < -0.39 is 6.10 Å². The molecule has 0 fully saturated rings. The Morgan fingerprint density at radius 2 is 2.12 bits per heavy atom. The van der Waals surface area contributed by atoms with Gasteiger partial charge in [0.15, 0.2) is 0 Å². The van der Waals surface area contributed by atoms with Crippen LogP contribution in [0, 0.1) is 13.8 Å². The second-order valence-corrected chi connectivity index (χ2v) is 6.97. The van der Waals surface area contributed by atoms with E-state index in [1.165, 1.54) is 0 Å². The molecule has 2 aromatic heterocycles. The molecule has 25 heavy (non-hydrogen) atoms. The Balaban J connectivity index is 1.80. The summed E-state index contributed by atoms with van der Waals surface area (Å²) in [6.45, 7) is 6.10. The van der Waals surface area contributed by atoms with E-state index in [0.717, 1.165) is 24.4 Å². The summed E-state index contributed by atoms with van der Waals surface area (Å²) in [6, 6.07) is 3.71. The monoisotopic (exact) mass is 346 g/mol. The van der Waals surface area contributed by atoms with Gasteiger partial charge in [0.05, 0.1) is 23.5 Å². The van der Waals surface area contributed by atoms with Crippen molar-refractivity contribution in [1.29, 1.82) is 0 Å². The van der Waals surface area contributed by atoms with Crippen molar-refractivity contribution in [3.8, 4) is 0 Å². The Hall–Kier alpha value is -2.12. The van der Waals surface area contributed by atoms with E-state index in [1.807, 2.05) is 48.5 Å². The fraction of sp³-hybridized carbons (Fsp3) is 0.556. The van der Waals surface area contributed by atoms with Crippen molar-refractivity contribution >= 4 is 5.91 Å². The van der Waals surface area contributed by atoms with Gasteiger partial charge in [-0.15, -0.1) is 0 Å². The van der Waals surface area contributed by atoms with Gasteiger partial charge in [-0.3, -0.25) is 9.48 Å². The first-order valence-electron chi connectivity index (χ1n) is 8.61. The smallest absolute Gasteiger partial charge is 0.257 e. The molecular weight excluding hydrogens is 320 g/mol. The molecule has 7 heteroatoms. The highest BCUT2D eigenvalue weighted by molar-refractivity contribution is 5.95. The minimum Gasteiger partial charge on any atom is -0.466 e. The zero-order chi connectivity index (χ0) is 18.1. The Morgan fingerprint density at radius 1 is 1.36 bits per heavy atom. The van der Waals surface area contributed by atoms with E-state index in [2.05, 4.69) is 5.10 Å². The summed E-state index contributed by atoms with van der Waals surface area (Å²) in [5.41, 5.74) is 2.24. The van der Waals surface area contributed by atoms with Crippen LogP contribution in [0.5, 0.6) is 0 Å². The highest BCUT2D eigenvalue weighted by atomic mass is 16.3.